The summed E-state index contributed by atoms with van der Waals surface area (Å²) in [7, 11) is -1.14. The lowest BCUT2D eigenvalue weighted by atomic mass is 9.87. The summed E-state index contributed by atoms with van der Waals surface area (Å²) in [4.78, 5) is 23.8. The number of rotatable bonds is 6. The van der Waals surface area contributed by atoms with Crippen LogP contribution < -0.4 is 0 Å². The molecule has 0 fully saturated rings. The fourth-order valence-electron chi connectivity index (χ4n) is 2.09. The molecule has 1 aromatic carbocycles. The molecular weight excluding hydrogens is 296 g/mol. The van der Waals surface area contributed by atoms with E-state index in [1.165, 1.54) is 0 Å². The number of hydrogen-bond acceptors (Lipinski definition) is 6. The van der Waals surface area contributed by atoms with Crippen molar-refractivity contribution >= 4 is 21.8 Å². The predicted octanol–water partition coefficient (Wildman–Crippen LogP) is 0.777. The first-order chi connectivity index (χ1) is 9.80. The van der Waals surface area contributed by atoms with E-state index in [1.807, 2.05) is 0 Å². The molecule has 0 aliphatic rings. The molecule has 0 heterocycles. The topological polar surface area (TPSA) is 86.7 Å². The summed E-state index contributed by atoms with van der Waals surface area (Å²) in [5.41, 5.74) is 0.559. The smallest absolute Gasteiger partial charge is 0.320 e. The minimum atomic E-state index is -3.42. The third-order valence-electron chi connectivity index (χ3n) is 3.02. The molecule has 1 aromatic rings. The highest BCUT2D eigenvalue weighted by Crippen LogP contribution is 2.28. The number of methoxy groups -OCH3 is 2. The highest BCUT2D eigenvalue weighted by Gasteiger charge is 2.39. The number of sulfone groups is 1. The second-order valence-corrected chi connectivity index (χ2v) is 6.82. The van der Waals surface area contributed by atoms with Crippen LogP contribution in [-0.4, -0.2) is 46.6 Å². The Hall–Kier alpha value is -1.89. The number of carbonyl (C=O) groups excluding carboxylic acids is 2. The van der Waals surface area contributed by atoms with Gasteiger partial charge in [-0.15, -0.1) is 0 Å². The maximum atomic E-state index is 11.9. The minimum Gasteiger partial charge on any atom is -0.468 e. The van der Waals surface area contributed by atoms with E-state index in [-0.39, 0.29) is 5.75 Å². The number of hydrogen-bond donors (Lipinski definition) is 0. The highest BCUT2D eigenvalue weighted by atomic mass is 32.2. The van der Waals surface area contributed by atoms with Gasteiger partial charge in [-0.3, -0.25) is 9.59 Å². The van der Waals surface area contributed by atoms with E-state index < -0.39 is 33.6 Å². The molecular formula is C14H18O6S. The molecule has 0 radical (unpaired) electrons. The minimum absolute atomic E-state index is 0.355. The maximum Gasteiger partial charge on any atom is 0.320 e. The monoisotopic (exact) mass is 314 g/mol. The first-order valence-electron chi connectivity index (χ1n) is 6.18. The molecule has 116 valence electrons. The van der Waals surface area contributed by atoms with Crippen molar-refractivity contribution in [1.82, 2.24) is 0 Å². The summed E-state index contributed by atoms with van der Waals surface area (Å²) < 4.78 is 32.5. The van der Waals surface area contributed by atoms with Crippen molar-refractivity contribution < 1.29 is 27.5 Å². The predicted molar refractivity (Wildman–Crippen MR) is 76.4 cm³/mol. The van der Waals surface area contributed by atoms with Gasteiger partial charge < -0.3 is 9.47 Å². The van der Waals surface area contributed by atoms with Crippen molar-refractivity contribution in [3.8, 4) is 0 Å². The second kappa shape index (κ2) is 7.21. The lowest BCUT2D eigenvalue weighted by Gasteiger charge is -2.23. The molecule has 0 aromatic heterocycles. The van der Waals surface area contributed by atoms with E-state index in [0.29, 0.717) is 5.56 Å². The average Bonchev–Trinajstić information content (AvgIpc) is 2.45. The first-order valence-corrected chi connectivity index (χ1v) is 8.24. The van der Waals surface area contributed by atoms with Crippen molar-refractivity contribution in [3.05, 3.63) is 35.9 Å². The Morgan fingerprint density at radius 2 is 1.52 bits per heavy atom. The quantitative estimate of drug-likeness (QED) is 0.569. The molecule has 0 saturated carbocycles. The molecule has 0 aliphatic heterocycles. The van der Waals surface area contributed by atoms with Crippen LogP contribution in [-0.2, 0) is 28.9 Å². The number of ether oxygens (including phenoxy) is 2. The van der Waals surface area contributed by atoms with Gasteiger partial charge in [-0.05, 0) is 5.56 Å². The van der Waals surface area contributed by atoms with Crippen LogP contribution in [0.3, 0.4) is 0 Å². The maximum absolute atomic E-state index is 11.9. The van der Waals surface area contributed by atoms with E-state index in [0.717, 1.165) is 20.5 Å². The summed E-state index contributed by atoms with van der Waals surface area (Å²) in [6.45, 7) is 0. The van der Waals surface area contributed by atoms with Crippen LogP contribution in [0.15, 0.2) is 30.3 Å². The van der Waals surface area contributed by atoms with Gasteiger partial charge >= 0.3 is 11.9 Å². The Morgan fingerprint density at radius 1 is 1.05 bits per heavy atom. The van der Waals surface area contributed by atoms with E-state index in [4.69, 9.17) is 0 Å². The summed E-state index contributed by atoms with van der Waals surface area (Å²) in [6.07, 6.45) is 1.05. The van der Waals surface area contributed by atoms with Crippen molar-refractivity contribution in [1.29, 1.82) is 0 Å². The van der Waals surface area contributed by atoms with Crippen LogP contribution in [0.4, 0.5) is 0 Å². The fraction of sp³-hybridized carbons (Fsp3) is 0.429. The third-order valence-corrected chi connectivity index (χ3v) is 3.99. The van der Waals surface area contributed by atoms with Gasteiger partial charge in [-0.1, -0.05) is 30.3 Å². The van der Waals surface area contributed by atoms with Gasteiger partial charge in [0.2, 0.25) is 0 Å². The van der Waals surface area contributed by atoms with Crippen LogP contribution >= 0.6 is 0 Å². The molecule has 6 nitrogen and oxygen atoms in total. The van der Waals surface area contributed by atoms with Gasteiger partial charge in [0.15, 0.2) is 5.92 Å². The average molecular weight is 314 g/mol. The van der Waals surface area contributed by atoms with Crippen LogP contribution in [0.25, 0.3) is 0 Å². The molecule has 1 atom stereocenters. The van der Waals surface area contributed by atoms with Gasteiger partial charge in [-0.2, -0.15) is 0 Å². The Balaban J connectivity index is 3.31. The van der Waals surface area contributed by atoms with E-state index >= 15 is 0 Å². The molecule has 1 unspecified atom stereocenters. The number of benzene rings is 1. The largest absolute Gasteiger partial charge is 0.468 e. The second-order valence-electron chi connectivity index (χ2n) is 4.63. The van der Waals surface area contributed by atoms with Crippen LogP contribution in [0, 0.1) is 5.92 Å². The van der Waals surface area contributed by atoms with Gasteiger partial charge in [0, 0.05) is 12.2 Å². The molecule has 0 aliphatic carbocycles. The fourth-order valence-corrected chi connectivity index (χ4v) is 3.13. The van der Waals surface area contributed by atoms with E-state index in [1.54, 1.807) is 30.3 Å². The zero-order valence-electron chi connectivity index (χ0n) is 12.1. The molecule has 0 spiro atoms. The Bertz CT molecular complexity index is 577. The molecule has 7 heteroatoms. The van der Waals surface area contributed by atoms with Crippen molar-refractivity contribution in [2.45, 2.75) is 5.92 Å². The standard InChI is InChI=1S/C14H18O6S/c1-19-13(15)12(14(16)20-2)11(9-21(3,17)18)10-7-5-4-6-8-10/h4-8,11-12H,9H2,1-3H3. The third kappa shape index (κ3) is 4.86. The van der Waals surface area contributed by atoms with E-state index in [9.17, 15) is 18.0 Å². The van der Waals surface area contributed by atoms with Gasteiger partial charge in [0.1, 0.15) is 9.84 Å². The molecule has 0 N–H and O–H groups in total. The zero-order valence-corrected chi connectivity index (χ0v) is 12.9. The summed E-state index contributed by atoms with van der Waals surface area (Å²) in [6, 6.07) is 8.49. The zero-order chi connectivity index (χ0) is 16.0. The summed E-state index contributed by atoms with van der Waals surface area (Å²) in [5, 5.41) is 0. The summed E-state index contributed by atoms with van der Waals surface area (Å²) >= 11 is 0. The molecule has 1 rings (SSSR count). The lowest BCUT2D eigenvalue weighted by Crippen LogP contribution is -2.35. The number of esters is 2. The Kier molecular flexibility index (Phi) is 5.90. The summed E-state index contributed by atoms with van der Waals surface area (Å²) in [5.74, 6) is -4.18. The molecule has 0 saturated heterocycles. The lowest BCUT2D eigenvalue weighted by molar-refractivity contribution is -0.159. The van der Waals surface area contributed by atoms with Crippen molar-refractivity contribution in [2.24, 2.45) is 5.92 Å². The van der Waals surface area contributed by atoms with Crippen molar-refractivity contribution in [3.63, 3.8) is 0 Å². The normalized spacial score (nSPS) is 12.8. The van der Waals surface area contributed by atoms with Crippen LogP contribution in [0.5, 0.6) is 0 Å². The van der Waals surface area contributed by atoms with Crippen molar-refractivity contribution in [2.75, 3.05) is 26.2 Å². The van der Waals surface area contributed by atoms with Crippen LogP contribution in [0.2, 0.25) is 0 Å². The number of carbonyl (C=O) groups is 2. The Labute approximate surface area is 124 Å². The molecule has 0 bridgehead atoms. The van der Waals surface area contributed by atoms with Gasteiger partial charge in [0.25, 0.3) is 0 Å². The van der Waals surface area contributed by atoms with E-state index in [2.05, 4.69) is 9.47 Å². The SMILES string of the molecule is COC(=O)C(C(=O)OC)C(CS(C)(=O)=O)c1ccccc1. The molecule has 0 amide bonds. The molecule has 21 heavy (non-hydrogen) atoms. The van der Waals surface area contributed by atoms with Gasteiger partial charge in [-0.25, -0.2) is 8.42 Å². The van der Waals surface area contributed by atoms with Gasteiger partial charge in [0.05, 0.1) is 20.0 Å². The van der Waals surface area contributed by atoms with Crippen LogP contribution in [0.1, 0.15) is 11.5 Å². The highest BCUT2D eigenvalue weighted by molar-refractivity contribution is 7.90. The Morgan fingerprint density at radius 3 is 1.90 bits per heavy atom. The first kappa shape index (κ1) is 17.2.